The lowest BCUT2D eigenvalue weighted by molar-refractivity contribution is -0.138. The second kappa shape index (κ2) is 6.84. The minimum atomic E-state index is -3.84. The van der Waals surface area contributed by atoms with Gasteiger partial charge < -0.3 is 10.4 Å². The normalized spacial score (nSPS) is 19.8. The van der Waals surface area contributed by atoms with Crippen LogP contribution in [0.25, 0.3) is 0 Å². The third kappa shape index (κ3) is 3.74. The molecule has 1 aliphatic rings. The fraction of sp³-hybridized carbons (Fsp3) is 0.188. The minimum Gasteiger partial charge on any atom is -0.480 e. The Balaban J connectivity index is 2.02. The van der Waals surface area contributed by atoms with Gasteiger partial charge in [0.1, 0.15) is 6.04 Å². The number of carboxylic acid groups (broad SMARTS) is 1. The molecule has 0 fully saturated rings. The summed E-state index contributed by atoms with van der Waals surface area (Å²) in [7, 11) is -3.84. The summed E-state index contributed by atoms with van der Waals surface area (Å²) in [6, 6.07) is 9.10. The molecule has 2 aromatic rings. The van der Waals surface area contributed by atoms with E-state index in [2.05, 4.69) is 10.0 Å². The molecule has 25 heavy (non-hydrogen) atoms. The monoisotopic (exact) mass is 400 g/mol. The van der Waals surface area contributed by atoms with Crippen LogP contribution >= 0.6 is 23.2 Å². The highest BCUT2D eigenvalue weighted by Gasteiger charge is 2.35. The van der Waals surface area contributed by atoms with Crippen molar-refractivity contribution in [3.05, 3.63) is 58.1 Å². The molecule has 0 aromatic heterocycles. The summed E-state index contributed by atoms with van der Waals surface area (Å²) in [4.78, 5) is 11.5. The molecule has 0 aliphatic carbocycles. The van der Waals surface area contributed by atoms with Crippen LogP contribution in [0.1, 0.15) is 18.0 Å². The Labute approximate surface area is 154 Å². The maximum absolute atomic E-state index is 12.6. The standard InChI is InChI=1S/C16H14Cl2N2O4S/c17-9-6-11(18)15-12(7-9)19-14(16(21)22)8-13(15)20-25(23,24)10-4-2-1-3-5-10/h1-7,13-14,19-20H,8H2,(H,21,22)/t13-,14+/m0/s1. The van der Waals surface area contributed by atoms with Crippen LogP contribution in [0.5, 0.6) is 0 Å². The van der Waals surface area contributed by atoms with Crippen LogP contribution in [0, 0.1) is 0 Å². The van der Waals surface area contributed by atoms with Crippen molar-refractivity contribution in [2.24, 2.45) is 0 Å². The molecule has 0 bridgehead atoms. The largest absolute Gasteiger partial charge is 0.480 e. The number of hydrogen-bond donors (Lipinski definition) is 3. The highest BCUT2D eigenvalue weighted by molar-refractivity contribution is 7.89. The number of anilines is 1. The fourth-order valence-corrected chi connectivity index (χ4v) is 4.65. The van der Waals surface area contributed by atoms with Crippen molar-refractivity contribution < 1.29 is 18.3 Å². The Kier molecular flexibility index (Phi) is 4.92. The lowest BCUT2D eigenvalue weighted by Gasteiger charge is -2.32. The smallest absolute Gasteiger partial charge is 0.326 e. The van der Waals surface area contributed by atoms with Crippen LogP contribution < -0.4 is 10.0 Å². The van der Waals surface area contributed by atoms with Gasteiger partial charge in [0.25, 0.3) is 0 Å². The first-order valence-corrected chi connectivity index (χ1v) is 9.57. The number of fused-ring (bicyclic) bond motifs is 1. The van der Waals surface area contributed by atoms with Crippen LogP contribution in [0.15, 0.2) is 47.4 Å². The Hall–Kier alpha value is -1.80. The molecule has 0 radical (unpaired) electrons. The number of carboxylic acids is 1. The highest BCUT2D eigenvalue weighted by atomic mass is 35.5. The number of rotatable bonds is 4. The maximum Gasteiger partial charge on any atom is 0.326 e. The molecule has 132 valence electrons. The topological polar surface area (TPSA) is 95.5 Å². The zero-order valence-electron chi connectivity index (χ0n) is 12.7. The average molecular weight is 401 g/mol. The van der Waals surface area contributed by atoms with Crippen molar-refractivity contribution in [2.45, 2.75) is 23.4 Å². The van der Waals surface area contributed by atoms with E-state index >= 15 is 0 Å². The molecule has 0 spiro atoms. The van der Waals surface area contributed by atoms with E-state index in [0.717, 1.165) is 0 Å². The molecule has 0 unspecified atom stereocenters. The van der Waals surface area contributed by atoms with Gasteiger partial charge in [-0.1, -0.05) is 41.4 Å². The van der Waals surface area contributed by atoms with Crippen molar-refractivity contribution >= 4 is 44.9 Å². The number of nitrogens with one attached hydrogen (secondary N) is 2. The van der Waals surface area contributed by atoms with Crippen LogP contribution in [0.2, 0.25) is 10.0 Å². The summed E-state index contributed by atoms with van der Waals surface area (Å²) in [6.45, 7) is 0. The van der Waals surface area contributed by atoms with E-state index in [0.29, 0.717) is 16.3 Å². The Morgan fingerprint density at radius 2 is 1.88 bits per heavy atom. The summed E-state index contributed by atoms with van der Waals surface area (Å²) in [5, 5.41) is 12.7. The van der Waals surface area contributed by atoms with Gasteiger partial charge in [-0.3, -0.25) is 0 Å². The van der Waals surface area contributed by atoms with Crippen LogP contribution in [-0.4, -0.2) is 25.5 Å². The predicted molar refractivity (Wildman–Crippen MR) is 95.6 cm³/mol. The summed E-state index contributed by atoms with van der Waals surface area (Å²) in [5.74, 6) is -1.09. The summed E-state index contributed by atoms with van der Waals surface area (Å²) >= 11 is 12.2. The Morgan fingerprint density at radius 1 is 1.20 bits per heavy atom. The van der Waals surface area contributed by atoms with Gasteiger partial charge in [-0.05, 0) is 30.7 Å². The molecule has 6 nitrogen and oxygen atoms in total. The number of hydrogen-bond acceptors (Lipinski definition) is 4. The van der Waals surface area contributed by atoms with E-state index < -0.39 is 28.1 Å². The maximum atomic E-state index is 12.6. The SMILES string of the molecule is O=C(O)[C@H]1C[C@H](NS(=O)(=O)c2ccccc2)c2c(Cl)cc(Cl)cc2N1. The van der Waals surface area contributed by atoms with Crippen LogP contribution in [0.3, 0.4) is 0 Å². The highest BCUT2D eigenvalue weighted by Crippen LogP contribution is 2.40. The van der Waals surface area contributed by atoms with Gasteiger partial charge in [0.15, 0.2) is 0 Å². The van der Waals surface area contributed by atoms with E-state index in [1.807, 2.05) is 0 Å². The van der Waals surface area contributed by atoms with Gasteiger partial charge in [0, 0.05) is 21.3 Å². The number of sulfonamides is 1. The lowest BCUT2D eigenvalue weighted by Crippen LogP contribution is -2.41. The Bertz CT molecular complexity index is 919. The van der Waals surface area contributed by atoms with Gasteiger partial charge >= 0.3 is 5.97 Å². The molecule has 1 aliphatic heterocycles. The fourth-order valence-electron chi connectivity index (χ4n) is 2.78. The zero-order chi connectivity index (χ0) is 18.2. The van der Waals surface area contributed by atoms with Crippen molar-refractivity contribution in [3.8, 4) is 0 Å². The quantitative estimate of drug-likeness (QED) is 0.731. The summed E-state index contributed by atoms with van der Waals surface area (Å²) < 4.78 is 27.8. The zero-order valence-corrected chi connectivity index (χ0v) is 15.1. The molecule has 2 atom stereocenters. The van der Waals surface area contributed by atoms with Crippen molar-refractivity contribution in [1.82, 2.24) is 4.72 Å². The van der Waals surface area contributed by atoms with Gasteiger partial charge in [0.05, 0.1) is 10.9 Å². The second-order valence-electron chi connectivity index (χ2n) is 5.61. The van der Waals surface area contributed by atoms with Gasteiger partial charge in [-0.15, -0.1) is 0 Å². The summed E-state index contributed by atoms with van der Waals surface area (Å²) in [6.07, 6.45) is 0.00967. The lowest BCUT2D eigenvalue weighted by atomic mass is 9.93. The number of halogens is 2. The second-order valence-corrected chi connectivity index (χ2v) is 8.16. The van der Waals surface area contributed by atoms with Crippen molar-refractivity contribution in [3.63, 3.8) is 0 Å². The van der Waals surface area contributed by atoms with E-state index in [1.54, 1.807) is 18.2 Å². The van der Waals surface area contributed by atoms with E-state index in [4.69, 9.17) is 23.2 Å². The third-order valence-electron chi connectivity index (χ3n) is 3.89. The molecule has 3 rings (SSSR count). The first kappa shape index (κ1) is 18.0. The van der Waals surface area contributed by atoms with Crippen LogP contribution in [0.4, 0.5) is 5.69 Å². The minimum absolute atomic E-state index is 0.00967. The average Bonchev–Trinajstić information content (AvgIpc) is 2.54. The summed E-state index contributed by atoms with van der Waals surface area (Å²) in [5.41, 5.74) is 0.875. The predicted octanol–water partition coefficient (Wildman–Crippen LogP) is 3.28. The molecule has 0 saturated carbocycles. The van der Waals surface area contributed by atoms with Gasteiger partial charge in [0.2, 0.25) is 10.0 Å². The molecular weight excluding hydrogens is 387 g/mol. The van der Waals surface area contributed by atoms with E-state index in [1.165, 1.54) is 24.3 Å². The number of aliphatic carboxylic acids is 1. The van der Waals surface area contributed by atoms with Gasteiger partial charge in [-0.2, -0.15) is 0 Å². The number of benzene rings is 2. The van der Waals surface area contributed by atoms with Gasteiger partial charge in [-0.25, -0.2) is 17.9 Å². The Morgan fingerprint density at radius 3 is 2.52 bits per heavy atom. The van der Waals surface area contributed by atoms with Crippen molar-refractivity contribution in [1.29, 1.82) is 0 Å². The molecular formula is C16H14Cl2N2O4S. The molecule has 9 heteroatoms. The molecule has 2 aromatic carbocycles. The van der Waals surface area contributed by atoms with Crippen LogP contribution in [-0.2, 0) is 14.8 Å². The van der Waals surface area contributed by atoms with E-state index in [-0.39, 0.29) is 16.3 Å². The molecule has 0 saturated heterocycles. The number of carbonyl (C=O) groups is 1. The molecule has 0 amide bonds. The molecule has 3 N–H and O–H groups in total. The first-order valence-electron chi connectivity index (χ1n) is 7.33. The third-order valence-corrected chi connectivity index (χ3v) is 5.91. The molecule has 1 heterocycles. The van der Waals surface area contributed by atoms with E-state index in [9.17, 15) is 18.3 Å². The first-order chi connectivity index (χ1) is 11.8. The van der Waals surface area contributed by atoms with Crippen molar-refractivity contribution in [2.75, 3.05) is 5.32 Å².